The Kier molecular flexibility index (Phi) is 4.34. The molecule has 0 aliphatic heterocycles. The maximum Gasteiger partial charge on any atom is 0.409 e. The first kappa shape index (κ1) is 13.6. The van der Waals surface area contributed by atoms with Crippen molar-refractivity contribution in [3.05, 3.63) is 65.7 Å². The molecule has 2 aromatic carbocycles. The minimum Gasteiger partial charge on any atom is -0.465 e. The van der Waals surface area contributed by atoms with E-state index >= 15 is 0 Å². The summed E-state index contributed by atoms with van der Waals surface area (Å²) in [6.45, 7) is 0.453. The minimum atomic E-state index is -1.13. The second-order valence-electron chi connectivity index (χ2n) is 4.18. The molecule has 102 valence electrons. The van der Waals surface area contributed by atoms with Crippen molar-refractivity contribution in [2.45, 2.75) is 6.54 Å². The Morgan fingerprint density at radius 1 is 0.950 bits per heavy atom. The minimum absolute atomic E-state index is 0.198. The molecule has 0 aliphatic carbocycles. The zero-order valence-electron chi connectivity index (χ0n) is 10.7. The van der Waals surface area contributed by atoms with Gasteiger partial charge in [-0.2, -0.15) is 0 Å². The molecule has 0 aromatic heterocycles. The lowest BCUT2D eigenvalue weighted by atomic mass is 10.2. The predicted molar refractivity (Wildman–Crippen MR) is 75.7 cm³/mol. The summed E-state index contributed by atoms with van der Waals surface area (Å²) in [4.78, 5) is 22.4. The number of carboxylic acid groups (broad SMARTS) is 1. The molecule has 0 fully saturated rings. The lowest BCUT2D eigenvalue weighted by Crippen LogP contribution is -2.22. The molecule has 2 rings (SSSR count). The van der Waals surface area contributed by atoms with E-state index in [0.717, 1.165) is 5.56 Å². The van der Waals surface area contributed by atoms with Crippen molar-refractivity contribution in [1.82, 2.24) is 5.32 Å². The molecule has 0 saturated heterocycles. The Morgan fingerprint density at radius 3 is 2.20 bits per heavy atom. The highest BCUT2D eigenvalue weighted by molar-refractivity contribution is 5.95. The smallest absolute Gasteiger partial charge is 0.409 e. The van der Waals surface area contributed by atoms with E-state index in [9.17, 15) is 9.59 Å². The molecule has 0 unspecified atom stereocenters. The van der Waals surface area contributed by atoms with Crippen LogP contribution in [0.2, 0.25) is 0 Å². The van der Waals surface area contributed by atoms with Crippen LogP contribution in [0, 0.1) is 0 Å². The molecule has 5 nitrogen and oxygen atoms in total. The second-order valence-corrected chi connectivity index (χ2v) is 4.18. The lowest BCUT2D eigenvalue weighted by Gasteiger charge is -2.06. The molecule has 5 heteroatoms. The first-order valence-corrected chi connectivity index (χ1v) is 6.07. The van der Waals surface area contributed by atoms with Crippen molar-refractivity contribution >= 4 is 17.7 Å². The summed E-state index contributed by atoms with van der Waals surface area (Å²) in [6, 6.07) is 15.8. The van der Waals surface area contributed by atoms with Gasteiger partial charge < -0.3 is 10.4 Å². The Labute approximate surface area is 116 Å². The first-order valence-electron chi connectivity index (χ1n) is 6.07. The average molecular weight is 270 g/mol. The van der Waals surface area contributed by atoms with Crippen LogP contribution in [-0.2, 0) is 6.54 Å². The molecule has 20 heavy (non-hydrogen) atoms. The number of benzene rings is 2. The van der Waals surface area contributed by atoms with Crippen LogP contribution in [-0.4, -0.2) is 17.1 Å². The lowest BCUT2D eigenvalue weighted by molar-refractivity contribution is 0.0951. The van der Waals surface area contributed by atoms with E-state index in [1.807, 2.05) is 30.3 Å². The fourth-order valence-electron chi connectivity index (χ4n) is 1.71. The molecule has 0 radical (unpaired) electrons. The van der Waals surface area contributed by atoms with Gasteiger partial charge in [0.15, 0.2) is 0 Å². The van der Waals surface area contributed by atoms with E-state index in [0.29, 0.717) is 17.8 Å². The number of nitrogens with one attached hydrogen (secondary N) is 2. The van der Waals surface area contributed by atoms with Crippen molar-refractivity contribution < 1.29 is 14.7 Å². The molecule has 3 N–H and O–H groups in total. The van der Waals surface area contributed by atoms with E-state index in [2.05, 4.69) is 10.6 Å². The summed E-state index contributed by atoms with van der Waals surface area (Å²) in [5.74, 6) is -0.198. The van der Waals surface area contributed by atoms with Gasteiger partial charge in [-0.3, -0.25) is 10.1 Å². The highest BCUT2D eigenvalue weighted by Crippen LogP contribution is 2.09. The van der Waals surface area contributed by atoms with E-state index < -0.39 is 6.09 Å². The van der Waals surface area contributed by atoms with Gasteiger partial charge in [-0.15, -0.1) is 0 Å². The van der Waals surface area contributed by atoms with Crippen LogP contribution in [0.3, 0.4) is 0 Å². The number of carbonyl (C=O) groups is 2. The quantitative estimate of drug-likeness (QED) is 0.799. The monoisotopic (exact) mass is 270 g/mol. The standard InChI is InChI=1S/C15H14N2O3/c18-14(16-10-11-4-2-1-3-5-11)12-6-8-13(9-7-12)17-15(19)20/h1-9,17H,10H2,(H,16,18)(H,19,20). The summed E-state index contributed by atoms with van der Waals surface area (Å²) < 4.78 is 0. The summed E-state index contributed by atoms with van der Waals surface area (Å²) in [5, 5.41) is 13.6. The molecular weight excluding hydrogens is 256 g/mol. The number of carbonyl (C=O) groups excluding carboxylic acids is 1. The van der Waals surface area contributed by atoms with Gasteiger partial charge in [0.1, 0.15) is 0 Å². The van der Waals surface area contributed by atoms with Crippen molar-refractivity contribution in [3.8, 4) is 0 Å². The third-order valence-corrected chi connectivity index (χ3v) is 2.69. The van der Waals surface area contributed by atoms with Gasteiger partial charge in [0.25, 0.3) is 5.91 Å². The largest absolute Gasteiger partial charge is 0.465 e. The predicted octanol–water partition coefficient (Wildman–Crippen LogP) is 2.71. The topological polar surface area (TPSA) is 78.4 Å². The molecule has 2 amide bonds. The maximum absolute atomic E-state index is 11.9. The van der Waals surface area contributed by atoms with Crippen LogP contribution in [0.15, 0.2) is 54.6 Å². The fourth-order valence-corrected chi connectivity index (χ4v) is 1.71. The molecule has 0 spiro atoms. The third kappa shape index (κ3) is 3.84. The molecule has 2 aromatic rings. The second kappa shape index (κ2) is 6.38. The Hall–Kier alpha value is -2.82. The summed E-state index contributed by atoms with van der Waals surface area (Å²) in [7, 11) is 0. The van der Waals surface area contributed by atoms with Gasteiger partial charge in [0, 0.05) is 17.8 Å². The third-order valence-electron chi connectivity index (χ3n) is 2.69. The van der Waals surface area contributed by atoms with Crippen LogP contribution in [0.4, 0.5) is 10.5 Å². The number of anilines is 1. The Morgan fingerprint density at radius 2 is 1.60 bits per heavy atom. The molecule has 0 heterocycles. The van der Waals surface area contributed by atoms with Crippen LogP contribution < -0.4 is 10.6 Å². The molecule has 0 bridgehead atoms. The number of amides is 2. The van der Waals surface area contributed by atoms with Crippen LogP contribution in [0.1, 0.15) is 15.9 Å². The van der Waals surface area contributed by atoms with Crippen LogP contribution in [0.5, 0.6) is 0 Å². The number of hydrogen-bond donors (Lipinski definition) is 3. The van der Waals surface area contributed by atoms with Crippen molar-refractivity contribution in [2.24, 2.45) is 0 Å². The normalized spacial score (nSPS) is 9.80. The number of rotatable bonds is 4. The van der Waals surface area contributed by atoms with Gasteiger partial charge in [0.05, 0.1) is 0 Å². The summed E-state index contributed by atoms with van der Waals surface area (Å²) in [6.07, 6.45) is -1.13. The van der Waals surface area contributed by atoms with E-state index in [-0.39, 0.29) is 5.91 Å². The molecule has 0 saturated carbocycles. The maximum atomic E-state index is 11.9. The van der Waals surface area contributed by atoms with Crippen molar-refractivity contribution in [1.29, 1.82) is 0 Å². The van der Waals surface area contributed by atoms with Crippen LogP contribution >= 0.6 is 0 Å². The summed E-state index contributed by atoms with van der Waals surface area (Å²) >= 11 is 0. The van der Waals surface area contributed by atoms with Gasteiger partial charge in [0.2, 0.25) is 0 Å². The van der Waals surface area contributed by atoms with Gasteiger partial charge in [-0.25, -0.2) is 4.79 Å². The first-order chi connectivity index (χ1) is 9.65. The molecular formula is C15H14N2O3. The molecule has 0 aliphatic rings. The van der Waals surface area contributed by atoms with Crippen LogP contribution in [0.25, 0.3) is 0 Å². The fraction of sp³-hybridized carbons (Fsp3) is 0.0667. The van der Waals surface area contributed by atoms with Crippen molar-refractivity contribution in [3.63, 3.8) is 0 Å². The highest BCUT2D eigenvalue weighted by Gasteiger charge is 2.05. The van der Waals surface area contributed by atoms with E-state index in [1.165, 1.54) is 0 Å². The zero-order valence-corrected chi connectivity index (χ0v) is 10.7. The highest BCUT2D eigenvalue weighted by atomic mass is 16.4. The SMILES string of the molecule is O=C(O)Nc1ccc(C(=O)NCc2ccccc2)cc1. The Bertz CT molecular complexity index is 594. The Balaban J connectivity index is 1.94. The van der Waals surface area contributed by atoms with Crippen molar-refractivity contribution in [2.75, 3.05) is 5.32 Å². The number of hydrogen-bond acceptors (Lipinski definition) is 2. The van der Waals surface area contributed by atoms with E-state index in [1.54, 1.807) is 24.3 Å². The summed E-state index contributed by atoms with van der Waals surface area (Å²) in [5.41, 5.74) is 1.93. The van der Waals surface area contributed by atoms with E-state index in [4.69, 9.17) is 5.11 Å². The average Bonchev–Trinajstić information content (AvgIpc) is 2.46. The van der Waals surface area contributed by atoms with Gasteiger partial charge in [-0.05, 0) is 29.8 Å². The zero-order chi connectivity index (χ0) is 14.4. The van der Waals surface area contributed by atoms with Gasteiger partial charge in [-0.1, -0.05) is 30.3 Å². The molecule has 0 atom stereocenters. The van der Waals surface area contributed by atoms with Gasteiger partial charge >= 0.3 is 6.09 Å².